The summed E-state index contributed by atoms with van der Waals surface area (Å²) in [5.74, 6) is 1.31. The Kier molecular flexibility index (Phi) is 5.36. The third-order valence-corrected chi connectivity index (χ3v) is 3.73. The smallest absolute Gasteiger partial charge is 0.412 e. The van der Waals surface area contributed by atoms with Crippen LogP contribution in [0.4, 0.5) is 21.2 Å². The van der Waals surface area contributed by atoms with Crippen LogP contribution in [0.15, 0.2) is 36.5 Å². The van der Waals surface area contributed by atoms with Crippen molar-refractivity contribution in [2.75, 3.05) is 24.9 Å². The number of amides is 3. The third kappa shape index (κ3) is 4.24. The minimum absolute atomic E-state index is 0.288. The van der Waals surface area contributed by atoms with Crippen LogP contribution in [0.1, 0.15) is 5.56 Å². The van der Waals surface area contributed by atoms with E-state index in [-0.39, 0.29) is 5.82 Å². The lowest BCUT2D eigenvalue weighted by Crippen LogP contribution is -2.28. The fourth-order valence-electron chi connectivity index (χ4n) is 2.41. The van der Waals surface area contributed by atoms with Crippen LogP contribution < -0.4 is 20.7 Å². The quantitative estimate of drug-likeness (QED) is 0.546. The lowest BCUT2D eigenvalue weighted by Gasteiger charge is -2.10. The van der Waals surface area contributed by atoms with E-state index in [0.717, 1.165) is 5.56 Å². The Labute approximate surface area is 154 Å². The zero-order valence-electron chi connectivity index (χ0n) is 14.7. The summed E-state index contributed by atoms with van der Waals surface area (Å²) in [6.45, 7) is 0.301. The highest BCUT2D eigenvalue weighted by Gasteiger charge is 2.12. The molecule has 0 unspecified atom stereocenters. The normalized spacial score (nSPS) is 10.3. The van der Waals surface area contributed by atoms with Crippen molar-refractivity contribution in [2.24, 2.45) is 0 Å². The molecule has 2 heterocycles. The maximum absolute atomic E-state index is 12.1. The number of hydrogen-bond acceptors (Lipinski definition) is 6. The van der Waals surface area contributed by atoms with Crippen molar-refractivity contribution in [1.82, 2.24) is 20.5 Å². The lowest BCUT2D eigenvalue weighted by atomic mass is 10.2. The molecule has 0 fully saturated rings. The van der Waals surface area contributed by atoms with Gasteiger partial charge in [-0.15, -0.1) is 0 Å². The first-order valence-corrected chi connectivity index (χ1v) is 7.96. The number of hydrogen-bond donors (Lipinski definition) is 4. The largest absolute Gasteiger partial charge is 0.496 e. The molecule has 0 saturated carbocycles. The molecule has 0 saturated heterocycles. The van der Waals surface area contributed by atoms with Gasteiger partial charge in [0.2, 0.25) is 0 Å². The second-order valence-electron chi connectivity index (χ2n) is 5.42. The molecule has 1 aromatic carbocycles. The molecule has 10 nitrogen and oxygen atoms in total. The average Bonchev–Trinajstić information content (AvgIpc) is 3.08. The number of carbonyl (C=O) groups excluding carboxylic acids is 2. The predicted molar refractivity (Wildman–Crippen MR) is 98.8 cm³/mol. The van der Waals surface area contributed by atoms with Crippen molar-refractivity contribution in [3.8, 4) is 5.75 Å². The number of urea groups is 1. The molecule has 0 aliphatic rings. The van der Waals surface area contributed by atoms with Crippen molar-refractivity contribution < 1.29 is 19.1 Å². The molecule has 3 amide bonds. The first kappa shape index (κ1) is 18.0. The van der Waals surface area contributed by atoms with Crippen LogP contribution in [0, 0.1) is 0 Å². The van der Waals surface area contributed by atoms with E-state index >= 15 is 0 Å². The van der Waals surface area contributed by atoms with Gasteiger partial charge in [-0.25, -0.2) is 14.6 Å². The van der Waals surface area contributed by atoms with E-state index in [1.807, 2.05) is 24.3 Å². The van der Waals surface area contributed by atoms with Crippen LogP contribution in [0.2, 0.25) is 0 Å². The van der Waals surface area contributed by atoms with Gasteiger partial charge in [-0.2, -0.15) is 5.10 Å². The maximum Gasteiger partial charge on any atom is 0.412 e. The highest BCUT2D eigenvalue weighted by Crippen LogP contribution is 2.22. The number of anilines is 2. The summed E-state index contributed by atoms with van der Waals surface area (Å²) in [6.07, 6.45) is 0.848. The van der Waals surface area contributed by atoms with Gasteiger partial charge in [-0.1, -0.05) is 18.2 Å². The molecule has 0 spiro atoms. The number of carbonyl (C=O) groups is 2. The highest BCUT2D eigenvalue weighted by molar-refractivity contribution is 5.98. The van der Waals surface area contributed by atoms with Gasteiger partial charge in [0.15, 0.2) is 5.82 Å². The number of benzene rings is 1. The Hall–Kier alpha value is -3.82. The van der Waals surface area contributed by atoms with E-state index in [1.165, 1.54) is 13.3 Å². The second kappa shape index (κ2) is 8.04. The Bertz CT molecular complexity index is 971. The van der Waals surface area contributed by atoms with Crippen LogP contribution in [0.3, 0.4) is 0 Å². The number of rotatable bonds is 5. The molecule has 10 heteroatoms. The molecule has 0 aliphatic heterocycles. The van der Waals surface area contributed by atoms with Crippen LogP contribution in [0.5, 0.6) is 5.75 Å². The summed E-state index contributed by atoms with van der Waals surface area (Å²) in [7, 11) is 2.83. The lowest BCUT2D eigenvalue weighted by molar-refractivity contribution is 0.187. The molecule has 0 radical (unpaired) electrons. The molecule has 3 rings (SSSR count). The topological polar surface area (TPSA) is 130 Å². The van der Waals surface area contributed by atoms with Crippen molar-refractivity contribution in [3.05, 3.63) is 42.1 Å². The van der Waals surface area contributed by atoms with Gasteiger partial charge in [0, 0.05) is 24.4 Å². The molecule has 0 bridgehead atoms. The van der Waals surface area contributed by atoms with Crippen LogP contribution in [-0.2, 0) is 11.3 Å². The number of methoxy groups -OCH3 is 2. The summed E-state index contributed by atoms with van der Waals surface area (Å²) in [5, 5.41) is 15.2. The first-order chi connectivity index (χ1) is 13.1. The van der Waals surface area contributed by atoms with Gasteiger partial charge < -0.3 is 14.8 Å². The zero-order valence-corrected chi connectivity index (χ0v) is 14.7. The minimum atomic E-state index is -0.638. The number of fused-ring (bicyclic) bond motifs is 1. The molecule has 3 aromatic rings. The van der Waals surface area contributed by atoms with Crippen LogP contribution in [-0.4, -0.2) is 41.5 Å². The van der Waals surface area contributed by atoms with Crippen LogP contribution in [0.25, 0.3) is 10.9 Å². The first-order valence-electron chi connectivity index (χ1n) is 7.96. The van der Waals surface area contributed by atoms with E-state index in [2.05, 4.69) is 35.9 Å². The van der Waals surface area contributed by atoms with E-state index in [4.69, 9.17) is 4.74 Å². The number of aromatic amines is 1. The standard InChI is InChI=1S/C17H18N6O4/c1-26-13-6-4-3-5-10(13)8-19-16(24)20-14-7-12-11(9-18-14)15(23-22-12)21-17(25)27-2/h3-7,9H,8H2,1-2H3,(H2,18,19,20,24)(H2,21,22,23,25). The summed E-state index contributed by atoms with van der Waals surface area (Å²) < 4.78 is 9.78. The molecule has 2 aromatic heterocycles. The van der Waals surface area contributed by atoms with Crippen molar-refractivity contribution >= 4 is 34.7 Å². The fourth-order valence-corrected chi connectivity index (χ4v) is 2.41. The summed E-state index contributed by atoms with van der Waals surface area (Å²) >= 11 is 0. The average molecular weight is 370 g/mol. The predicted octanol–water partition coefficient (Wildman–Crippen LogP) is 2.47. The van der Waals surface area contributed by atoms with E-state index in [9.17, 15) is 9.59 Å². The van der Waals surface area contributed by atoms with Gasteiger partial charge in [0.1, 0.15) is 11.6 Å². The van der Waals surface area contributed by atoms with Gasteiger partial charge in [0.25, 0.3) is 0 Å². The van der Waals surface area contributed by atoms with Crippen LogP contribution >= 0.6 is 0 Å². The number of aromatic nitrogens is 3. The van der Waals surface area contributed by atoms with E-state index in [1.54, 1.807) is 13.2 Å². The van der Waals surface area contributed by atoms with Gasteiger partial charge in [0.05, 0.1) is 25.1 Å². The zero-order chi connectivity index (χ0) is 19.2. The third-order valence-electron chi connectivity index (χ3n) is 3.73. The number of para-hydroxylation sites is 1. The Morgan fingerprint density at radius 1 is 1.19 bits per heavy atom. The Morgan fingerprint density at radius 3 is 2.78 bits per heavy atom. The number of nitrogens with one attached hydrogen (secondary N) is 4. The van der Waals surface area contributed by atoms with Crippen molar-refractivity contribution in [1.29, 1.82) is 0 Å². The number of ether oxygens (including phenoxy) is 2. The number of nitrogens with zero attached hydrogens (tertiary/aromatic N) is 2. The van der Waals surface area contributed by atoms with Crippen molar-refractivity contribution in [3.63, 3.8) is 0 Å². The van der Waals surface area contributed by atoms with E-state index < -0.39 is 12.1 Å². The summed E-state index contributed by atoms with van der Waals surface area (Å²) in [5.41, 5.74) is 1.45. The molecule has 0 atom stereocenters. The molecule has 4 N–H and O–H groups in total. The Balaban J connectivity index is 1.64. The Morgan fingerprint density at radius 2 is 2.00 bits per heavy atom. The minimum Gasteiger partial charge on any atom is -0.496 e. The molecular formula is C17H18N6O4. The molecule has 0 aliphatic carbocycles. The number of H-pyrrole nitrogens is 1. The fraction of sp³-hybridized carbons (Fsp3) is 0.176. The maximum atomic E-state index is 12.1. The monoisotopic (exact) mass is 370 g/mol. The second-order valence-corrected chi connectivity index (χ2v) is 5.42. The van der Waals surface area contributed by atoms with E-state index in [0.29, 0.717) is 29.0 Å². The number of pyridine rings is 1. The van der Waals surface area contributed by atoms with Gasteiger partial charge in [-0.05, 0) is 6.07 Å². The van der Waals surface area contributed by atoms with Gasteiger partial charge in [-0.3, -0.25) is 15.7 Å². The van der Waals surface area contributed by atoms with Crippen molar-refractivity contribution in [2.45, 2.75) is 6.54 Å². The molecule has 140 valence electrons. The SMILES string of the molecule is COC(=O)Nc1n[nH]c2cc(NC(=O)NCc3ccccc3OC)ncc12. The summed E-state index contributed by atoms with van der Waals surface area (Å²) in [4.78, 5) is 27.5. The molecular weight excluding hydrogens is 352 g/mol. The molecule has 27 heavy (non-hydrogen) atoms. The summed E-state index contributed by atoms with van der Waals surface area (Å²) in [6, 6.07) is 8.60. The van der Waals surface area contributed by atoms with Gasteiger partial charge >= 0.3 is 12.1 Å². The highest BCUT2D eigenvalue weighted by atomic mass is 16.5.